The van der Waals surface area contributed by atoms with E-state index in [4.69, 9.17) is 4.74 Å². The van der Waals surface area contributed by atoms with Crippen LogP contribution in [0.3, 0.4) is 0 Å². The minimum absolute atomic E-state index is 0.108. The highest BCUT2D eigenvalue weighted by molar-refractivity contribution is 7.12. The van der Waals surface area contributed by atoms with Gasteiger partial charge in [-0.3, -0.25) is 4.79 Å². The minimum atomic E-state index is -1.08. The maximum Gasteiger partial charge on any atom is 0.315 e. The number of aliphatic carboxylic acids is 1. The molecule has 0 radical (unpaired) electrons. The highest BCUT2D eigenvalue weighted by Crippen LogP contribution is 2.28. The number of aryl methyl sites for hydroxylation is 2. The second-order valence-electron chi connectivity index (χ2n) is 5.57. The molecule has 0 bridgehead atoms. The summed E-state index contributed by atoms with van der Waals surface area (Å²) in [6.07, 6.45) is 0. The molecule has 1 saturated heterocycles. The van der Waals surface area contributed by atoms with E-state index in [9.17, 15) is 14.7 Å². The summed E-state index contributed by atoms with van der Waals surface area (Å²) in [6.45, 7) is 6.41. The van der Waals surface area contributed by atoms with Crippen molar-refractivity contribution in [1.82, 2.24) is 10.6 Å². The van der Waals surface area contributed by atoms with Gasteiger partial charge in [0.1, 0.15) is 5.41 Å². The molecule has 1 aromatic rings. The van der Waals surface area contributed by atoms with Crippen molar-refractivity contribution in [3.05, 3.63) is 21.4 Å². The molecule has 0 aromatic carbocycles. The molecule has 6 nitrogen and oxygen atoms in total. The second kappa shape index (κ2) is 6.03. The zero-order chi connectivity index (χ0) is 15.6. The number of thiophene rings is 1. The van der Waals surface area contributed by atoms with E-state index in [-0.39, 0.29) is 19.2 Å². The fraction of sp³-hybridized carbons (Fsp3) is 0.571. The van der Waals surface area contributed by atoms with Gasteiger partial charge in [-0.05, 0) is 32.4 Å². The minimum Gasteiger partial charge on any atom is -0.481 e. The number of carbonyl (C=O) groups is 2. The summed E-state index contributed by atoms with van der Waals surface area (Å²) >= 11 is 1.64. The van der Waals surface area contributed by atoms with Gasteiger partial charge in [-0.2, -0.15) is 0 Å². The molecule has 2 unspecified atom stereocenters. The molecule has 1 aliphatic rings. The third-order valence-electron chi connectivity index (χ3n) is 3.89. The topological polar surface area (TPSA) is 87.7 Å². The van der Waals surface area contributed by atoms with Gasteiger partial charge in [0.25, 0.3) is 0 Å². The van der Waals surface area contributed by atoms with Gasteiger partial charge < -0.3 is 20.5 Å². The third-order valence-corrected chi connectivity index (χ3v) is 5.04. The molecule has 116 valence electrons. The van der Waals surface area contributed by atoms with Gasteiger partial charge >= 0.3 is 12.0 Å². The molecular formula is C14H20N2O4S. The Hall–Kier alpha value is -1.60. The van der Waals surface area contributed by atoms with Gasteiger partial charge in [0.05, 0.1) is 25.8 Å². The van der Waals surface area contributed by atoms with Gasteiger partial charge in [0.15, 0.2) is 0 Å². The van der Waals surface area contributed by atoms with E-state index in [1.807, 2.05) is 19.9 Å². The standard InChI is InChI=1S/C14H20N2O4S/c1-8-4-10(21-9(8)2)5-15-13(19)16-11-6-20-7-14(11,3)12(17)18/h4,11H,5-7H2,1-3H3,(H,17,18)(H2,15,16,19). The van der Waals surface area contributed by atoms with Crippen LogP contribution < -0.4 is 10.6 Å². The molecule has 1 fully saturated rings. The lowest BCUT2D eigenvalue weighted by Crippen LogP contribution is -2.52. The summed E-state index contributed by atoms with van der Waals surface area (Å²) in [6, 6.07) is 1.14. The normalized spacial score (nSPS) is 24.8. The van der Waals surface area contributed by atoms with Gasteiger partial charge in [-0.1, -0.05) is 0 Å². The van der Waals surface area contributed by atoms with Crippen LogP contribution in [-0.2, 0) is 16.1 Å². The average Bonchev–Trinajstić information content (AvgIpc) is 2.93. The first-order valence-corrected chi connectivity index (χ1v) is 7.56. The number of hydrogen-bond donors (Lipinski definition) is 3. The highest BCUT2D eigenvalue weighted by Gasteiger charge is 2.47. The van der Waals surface area contributed by atoms with Gasteiger partial charge in [0.2, 0.25) is 0 Å². The van der Waals surface area contributed by atoms with Crippen LogP contribution in [0, 0.1) is 19.3 Å². The number of rotatable bonds is 4. The van der Waals surface area contributed by atoms with E-state index in [2.05, 4.69) is 10.6 Å². The SMILES string of the molecule is Cc1cc(CNC(=O)NC2COCC2(C)C(=O)O)sc1C. The molecule has 1 aromatic heterocycles. The smallest absolute Gasteiger partial charge is 0.315 e. The van der Waals surface area contributed by atoms with Crippen LogP contribution in [0.2, 0.25) is 0 Å². The van der Waals surface area contributed by atoms with E-state index in [1.54, 1.807) is 18.3 Å². The maximum absolute atomic E-state index is 11.9. The van der Waals surface area contributed by atoms with E-state index >= 15 is 0 Å². The molecule has 3 N–H and O–H groups in total. The predicted octanol–water partition coefficient (Wildman–Crippen LogP) is 1.65. The van der Waals surface area contributed by atoms with Gasteiger partial charge in [-0.15, -0.1) is 11.3 Å². The second-order valence-corrected chi connectivity index (χ2v) is 6.91. The van der Waals surface area contributed by atoms with E-state index < -0.39 is 17.4 Å². The van der Waals surface area contributed by atoms with Crippen LogP contribution in [0.25, 0.3) is 0 Å². The molecule has 7 heteroatoms. The molecule has 1 aliphatic heterocycles. The summed E-state index contributed by atoms with van der Waals surface area (Å²) in [5.74, 6) is -0.963. The van der Waals surface area contributed by atoms with Crippen LogP contribution in [0.5, 0.6) is 0 Å². The van der Waals surface area contributed by atoms with E-state index in [0.29, 0.717) is 6.54 Å². The Balaban J connectivity index is 1.88. The van der Waals surface area contributed by atoms with Gasteiger partial charge in [0, 0.05) is 9.75 Å². The van der Waals surface area contributed by atoms with Crippen molar-refractivity contribution in [3.63, 3.8) is 0 Å². The lowest BCUT2D eigenvalue weighted by molar-refractivity contribution is -0.148. The summed E-state index contributed by atoms with van der Waals surface area (Å²) in [5, 5.41) is 14.7. The Morgan fingerprint density at radius 2 is 2.24 bits per heavy atom. The number of amides is 2. The molecule has 0 spiro atoms. The molecule has 2 amide bonds. The van der Waals surface area contributed by atoms with Crippen molar-refractivity contribution in [2.75, 3.05) is 13.2 Å². The van der Waals surface area contributed by atoms with Crippen molar-refractivity contribution in [2.45, 2.75) is 33.4 Å². The van der Waals surface area contributed by atoms with Crippen molar-refractivity contribution >= 4 is 23.3 Å². The van der Waals surface area contributed by atoms with E-state index in [0.717, 1.165) is 4.88 Å². The first kappa shape index (κ1) is 15.8. The van der Waals surface area contributed by atoms with Crippen LogP contribution in [0.4, 0.5) is 4.79 Å². The maximum atomic E-state index is 11.9. The Morgan fingerprint density at radius 3 is 2.81 bits per heavy atom. The molecule has 21 heavy (non-hydrogen) atoms. The summed E-state index contributed by atoms with van der Waals surface area (Å²) in [4.78, 5) is 25.5. The monoisotopic (exact) mass is 312 g/mol. The lowest BCUT2D eigenvalue weighted by Gasteiger charge is -2.25. The summed E-state index contributed by atoms with van der Waals surface area (Å²) in [7, 11) is 0. The zero-order valence-corrected chi connectivity index (χ0v) is 13.2. The Bertz CT molecular complexity index is 538. The number of carboxylic acid groups (broad SMARTS) is 1. The zero-order valence-electron chi connectivity index (χ0n) is 12.4. The Morgan fingerprint density at radius 1 is 1.52 bits per heavy atom. The van der Waals surface area contributed by atoms with Crippen LogP contribution in [0.15, 0.2) is 6.07 Å². The number of carboxylic acids is 1. The number of urea groups is 1. The largest absolute Gasteiger partial charge is 0.481 e. The molecule has 2 atom stereocenters. The average molecular weight is 312 g/mol. The molecule has 2 heterocycles. The van der Waals surface area contributed by atoms with Crippen LogP contribution in [-0.4, -0.2) is 36.4 Å². The quantitative estimate of drug-likeness (QED) is 0.789. The number of nitrogens with one attached hydrogen (secondary N) is 2. The predicted molar refractivity (Wildman–Crippen MR) is 79.5 cm³/mol. The van der Waals surface area contributed by atoms with Gasteiger partial charge in [-0.25, -0.2) is 4.79 Å². The molecule has 2 rings (SSSR count). The fourth-order valence-electron chi connectivity index (χ4n) is 2.20. The van der Waals surface area contributed by atoms with Crippen molar-refractivity contribution in [1.29, 1.82) is 0 Å². The Kier molecular flexibility index (Phi) is 4.53. The molecular weight excluding hydrogens is 292 g/mol. The molecule has 0 saturated carbocycles. The van der Waals surface area contributed by atoms with Crippen LogP contribution >= 0.6 is 11.3 Å². The third kappa shape index (κ3) is 3.36. The Labute approximate surface area is 127 Å². The highest BCUT2D eigenvalue weighted by atomic mass is 32.1. The number of ether oxygens (including phenoxy) is 1. The van der Waals surface area contributed by atoms with Crippen molar-refractivity contribution in [2.24, 2.45) is 5.41 Å². The molecule has 0 aliphatic carbocycles. The first-order chi connectivity index (χ1) is 9.83. The number of carbonyl (C=O) groups excluding carboxylic acids is 1. The van der Waals surface area contributed by atoms with Crippen molar-refractivity contribution < 1.29 is 19.4 Å². The van der Waals surface area contributed by atoms with Crippen molar-refractivity contribution in [3.8, 4) is 0 Å². The summed E-state index contributed by atoms with van der Waals surface area (Å²) < 4.78 is 5.20. The number of hydrogen-bond acceptors (Lipinski definition) is 4. The fourth-order valence-corrected chi connectivity index (χ4v) is 3.19. The summed E-state index contributed by atoms with van der Waals surface area (Å²) in [5.41, 5.74) is 0.132. The van der Waals surface area contributed by atoms with Crippen LogP contribution in [0.1, 0.15) is 22.2 Å². The first-order valence-electron chi connectivity index (χ1n) is 6.74. The van der Waals surface area contributed by atoms with E-state index in [1.165, 1.54) is 10.4 Å². The lowest BCUT2D eigenvalue weighted by atomic mass is 9.85.